The molecule has 2 heterocycles. The first-order valence-electron chi connectivity index (χ1n) is 6.36. The van der Waals surface area contributed by atoms with Crippen molar-refractivity contribution in [3.05, 3.63) is 24.0 Å². The molecule has 0 amide bonds. The fourth-order valence-electron chi connectivity index (χ4n) is 2.20. The standard InChI is InChI=1S/C14H22N2/c1-11(2)13-8-14(10-15-9-13)16-6-4-12(3)5-7-16/h8-12H,4-7H2,1-3H3. The Morgan fingerprint density at radius 3 is 2.56 bits per heavy atom. The average molecular weight is 218 g/mol. The Balaban J connectivity index is 2.11. The van der Waals surface area contributed by atoms with Crippen molar-refractivity contribution in [1.82, 2.24) is 4.98 Å². The zero-order chi connectivity index (χ0) is 11.5. The maximum Gasteiger partial charge on any atom is 0.0555 e. The highest BCUT2D eigenvalue weighted by molar-refractivity contribution is 5.47. The molecular weight excluding hydrogens is 196 g/mol. The molecule has 1 aromatic heterocycles. The quantitative estimate of drug-likeness (QED) is 0.756. The van der Waals surface area contributed by atoms with Crippen LogP contribution in [0, 0.1) is 5.92 Å². The van der Waals surface area contributed by atoms with Crippen LogP contribution in [0.25, 0.3) is 0 Å². The highest BCUT2D eigenvalue weighted by Gasteiger charge is 2.16. The summed E-state index contributed by atoms with van der Waals surface area (Å²) in [5, 5.41) is 0. The molecule has 1 aliphatic rings. The third-order valence-electron chi connectivity index (χ3n) is 3.56. The van der Waals surface area contributed by atoms with Crippen LogP contribution in [0.4, 0.5) is 5.69 Å². The summed E-state index contributed by atoms with van der Waals surface area (Å²) in [4.78, 5) is 6.83. The van der Waals surface area contributed by atoms with E-state index in [2.05, 4.69) is 36.7 Å². The average Bonchev–Trinajstić information content (AvgIpc) is 2.30. The third kappa shape index (κ3) is 2.55. The highest BCUT2D eigenvalue weighted by Crippen LogP contribution is 2.24. The predicted molar refractivity (Wildman–Crippen MR) is 68.9 cm³/mol. The molecule has 88 valence electrons. The van der Waals surface area contributed by atoms with E-state index in [4.69, 9.17) is 0 Å². The van der Waals surface area contributed by atoms with E-state index in [1.54, 1.807) is 0 Å². The molecule has 2 rings (SSSR count). The first-order chi connectivity index (χ1) is 7.66. The van der Waals surface area contributed by atoms with Crippen LogP contribution in [0.15, 0.2) is 18.5 Å². The second-order valence-corrected chi connectivity index (χ2v) is 5.30. The Kier molecular flexibility index (Phi) is 3.47. The van der Waals surface area contributed by atoms with Crippen LogP contribution in [-0.4, -0.2) is 18.1 Å². The fourth-order valence-corrected chi connectivity index (χ4v) is 2.20. The molecule has 1 fully saturated rings. The van der Waals surface area contributed by atoms with Crippen molar-refractivity contribution in [2.75, 3.05) is 18.0 Å². The van der Waals surface area contributed by atoms with E-state index < -0.39 is 0 Å². The van der Waals surface area contributed by atoms with Gasteiger partial charge in [-0.25, -0.2) is 0 Å². The van der Waals surface area contributed by atoms with E-state index in [1.165, 1.54) is 37.2 Å². The summed E-state index contributed by atoms with van der Waals surface area (Å²) in [5.41, 5.74) is 2.65. The second kappa shape index (κ2) is 4.86. The molecule has 0 radical (unpaired) electrons. The lowest BCUT2D eigenvalue weighted by molar-refractivity contribution is 0.438. The lowest BCUT2D eigenvalue weighted by Crippen LogP contribution is -2.32. The maximum atomic E-state index is 4.36. The lowest BCUT2D eigenvalue weighted by atomic mass is 9.98. The summed E-state index contributed by atoms with van der Waals surface area (Å²) in [7, 11) is 0. The molecule has 0 saturated carbocycles. The zero-order valence-electron chi connectivity index (χ0n) is 10.6. The van der Waals surface area contributed by atoms with Gasteiger partial charge in [-0.2, -0.15) is 0 Å². The first kappa shape index (κ1) is 11.4. The van der Waals surface area contributed by atoms with Gasteiger partial charge in [0.1, 0.15) is 0 Å². The minimum atomic E-state index is 0.566. The zero-order valence-corrected chi connectivity index (χ0v) is 10.6. The number of piperidine rings is 1. The van der Waals surface area contributed by atoms with Gasteiger partial charge < -0.3 is 4.90 Å². The van der Waals surface area contributed by atoms with Gasteiger partial charge in [0.05, 0.1) is 11.9 Å². The first-order valence-corrected chi connectivity index (χ1v) is 6.36. The minimum Gasteiger partial charge on any atom is -0.370 e. The van der Waals surface area contributed by atoms with Gasteiger partial charge in [-0.05, 0) is 36.3 Å². The van der Waals surface area contributed by atoms with Crippen LogP contribution in [0.5, 0.6) is 0 Å². The van der Waals surface area contributed by atoms with Crippen molar-refractivity contribution in [3.8, 4) is 0 Å². The van der Waals surface area contributed by atoms with E-state index in [9.17, 15) is 0 Å². The van der Waals surface area contributed by atoms with Crippen LogP contribution in [0.2, 0.25) is 0 Å². The molecule has 0 unspecified atom stereocenters. The highest BCUT2D eigenvalue weighted by atomic mass is 15.1. The topological polar surface area (TPSA) is 16.1 Å². The molecule has 0 aliphatic carbocycles. The van der Waals surface area contributed by atoms with Crippen molar-refractivity contribution in [3.63, 3.8) is 0 Å². The van der Waals surface area contributed by atoms with Gasteiger partial charge in [-0.3, -0.25) is 4.98 Å². The molecular formula is C14H22N2. The Morgan fingerprint density at radius 2 is 1.94 bits per heavy atom. The Hall–Kier alpha value is -1.05. The Morgan fingerprint density at radius 1 is 1.25 bits per heavy atom. The van der Waals surface area contributed by atoms with Crippen molar-refractivity contribution in [1.29, 1.82) is 0 Å². The Labute approximate surface area is 98.7 Å². The van der Waals surface area contributed by atoms with Gasteiger partial charge in [0, 0.05) is 19.3 Å². The molecule has 2 heteroatoms. The molecule has 0 spiro atoms. The summed E-state index contributed by atoms with van der Waals surface area (Å²) in [6, 6.07) is 2.30. The van der Waals surface area contributed by atoms with Crippen molar-refractivity contribution < 1.29 is 0 Å². The van der Waals surface area contributed by atoms with Gasteiger partial charge in [0.2, 0.25) is 0 Å². The summed E-state index contributed by atoms with van der Waals surface area (Å²) < 4.78 is 0. The number of hydrogen-bond donors (Lipinski definition) is 0. The predicted octanol–water partition coefficient (Wildman–Crippen LogP) is 3.44. The van der Waals surface area contributed by atoms with E-state index in [0.717, 1.165) is 5.92 Å². The molecule has 0 atom stereocenters. The monoisotopic (exact) mass is 218 g/mol. The van der Waals surface area contributed by atoms with Crippen LogP contribution < -0.4 is 4.90 Å². The summed E-state index contributed by atoms with van der Waals surface area (Å²) in [6.07, 6.45) is 6.61. The normalized spacial score (nSPS) is 18.1. The molecule has 0 N–H and O–H groups in total. The van der Waals surface area contributed by atoms with Gasteiger partial charge in [-0.1, -0.05) is 20.8 Å². The van der Waals surface area contributed by atoms with Crippen LogP contribution >= 0.6 is 0 Å². The second-order valence-electron chi connectivity index (χ2n) is 5.30. The van der Waals surface area contributed by atoms with Gasteiger partial charge in [0.25, 0.3) is 0 Å². The van der Waals surface area contributed by atoms with Crippen molar-refractivity contribution >= 4 is 5.69 Å². The third-order valence-corrected chi connectivity index (χ3v) is 3.56. The van der Waals surface area contributed by atoms with E-state index in [0.29, 0.717) is 5.92 Å². The number of aromatic nitrogens is 1. The van der Waals surface area contributed by atoms with Gasteiger partial charge in [0.15, 0.2) is 0 Å². The van der Waals surface area contributed by atoms with E-state index in [1.807, 2.05) is 12.4 Å². The fraction of sp³-hybridized carbons (Fsp3) is 0.643. The molecule has 0 bridgehead atoms. The van der Waals surface area contributed by atoms with E-state index >= 15 is 0 Å². The summed E-state index contributed by atoms with van der Waals surface area (Å²) in [6.45, 7) is 9.16. The Bertz CT molecular complexity index is 338. The molecule has 0 aromatic carbocycles. The number of hydrogen-bond acceptors (Lipinski definition) is 2. The van der Waals surface area contributed by atoms with Crippen LogP contribution in [0.3, 0.4) is 0 Å². The molecule has 16 heavy (non-hydrogen) atoms. The number of anilines is 1. The molecule has 1 aromatic rings. The molecule has 1 aliphatic heterocycles. The van der Waals surface area contributed by atoms with E-state index in [-0.39, 0.29) is 0 Å². The summed E-state index contributed by atoms with van der Waals surface area (Å²) >= 11 is 0. The number of rotatable bonds is 2. The molecule has 2 nitrogen and oxygen atoms in total. The number of nitrogens with zero attached hydrogens (tertiary/aromatic N) is 2. The smallest absolute Gasteiger partial charge is 0.0555 e. The lowest BCUT2D eigenvalue weighted by Gasteiger charge is -2.32. The van der Waals surface area contributed by atoms with Crippen LogP contribution in [0.1, 0.15) is 45.1 Å². The maximum absolute atomic E-state index is 4.36. The minimum absolute atomic E-state index is 0.566. The number of pyridine rings is 1. The van der Waals surface area contributed by atoms with Gasteiger partial charge in [-0.15, -0.1) is 0 Å². The van der Waals surface area contributed by atoms with Crippen LogP contribution in [-0.2, 0) is 0 Å². The van der Waals surface area contributed by atoms with Crippen molar-refractivity contribution in [2.45, 2.75) is 39.5 Å². The molecule has 1 saturated heterocycles. The van der Waals surface area contributed by atoms with Crippen molar-refractivity contribution in [2.24, 2.45) is 5.92 Å². The largest absolute Gasteiger partial charge is 0.370 e. The SMILES string of the molecule is CC1CCN(c2cncc(C(C)C)c2)CC1. The summed E-state index contributed by atoms with van der Waals surface area (Å²) in [5.74, 6) is 1.45. The van der Waals surface area contributed by atoms with Gasteiger partial charge >= 0.3 is 0 Å².